The van der Waals surface area contributed by atoms with Crippen LogP contribution in [0.1, 0.15) is 34.1 Å². The summed E-state index contributed by atoms with van der Waals surface area (Å²) >= 11 is 0. The number of halogens is 1. The predicted molar refractivity (Wildman–Crippen MR) is 115 cm³/mol. The van der Waals surface area contributed by atoms with Gasteiger partial charge in [0.15, 0.2) is 5.96 Å². The molecule has 1 aromatic carbocycles. The molecule has 0 spiro atoms. The minimum Gasteiger partial charge on any atom is -0.384 e. The summed E-state index contributed by atoms with van der Waals surface area (Å²) in [7, 11) is 1.73. The predicted octanol–water partition coefficient (Wildman–Crippen LogP) is 1.83. The second kappa shape index (κ2) is 10.0. The Morgan fingerprint density at radius 2 is 1.93 bits per heavy atom. The van der Waals surface area contributed by atoms with Crippen molar-refractivity contribution in [1.82, 2.24) is 15.1 Å². The van der Waals surface area contributed by atoms with E-state index >= 15 is 0 Å². The maximum absolute atomic E-state index is 12.4. The van der Waals surface area contributed by atoms with Crippen LogP contribution in [0.25, 0.3) is 0 Å². The van der Waals surface area contributed by atoms with Gasteiger partial charge in [0.05, 0.1) is 24.3 Å². The Labute approximate surface area is 177 Å². The van der Waals surface area contributed by atoms with Gasteiger partial charge in [-0.3, -0.25) is 19.5 Å². The molecule has 8 heteroatoms. The first-order valence-corrected chi connectivity index (χ1v) is 9.13. The molecule has 1 fully saturated rings. The molecule has 1 saturated heterocycles. The zero-order valence-electron chi connectivity index (χ0n) is 15.8. The fourth-order valence-corrected chi connectivity index (χ4v) is 3.52. The summed E-state index contributed by atoms with van der Waals surface area (Å²) in [6.07, 6.45) is 1.08. The highest BCUT2D eigenvalue weighted by Crippen LogP contribution is 2.22. The SMILES string of the molecule is CCNC(=NCCN1C(=O)c2ccccc2C1=O)N1CCC(COC)C1.I. The van der Waals surface area contributed by atoms with Crippen LogP contribution in [-0.4, -0.2) is 74.0 Å². The van der Waals surface area contributed by atoms with Crippen LogP contribution in [-0.2, 0) is 4.74 Å². The normalized spacial score (nSPS) is 19.3. The number of likely N-dealkylation sites (tertiary alicyclic amines) is 1. The fourth-order valence-electron chi connectivity index (χ4n) is 3.52. The third-order valence-electron chi connectivity index (χ3n) is 4.79. The van der Waals surface area contributed by atoms with Gasteiger partial charge in [0.1, 0.15) is 0 Å². The smallest absolute Gasteiger partial charge is 0.261 e. The molecule has 0 aromatic heterocycles. The number of imide groups is 1. The third kappa shape index (κ3) is 4.78. The highest BCUT2D eigenvalue weighted by atomic mass is 127. The molecule has 27 heavy (non-hydrogen) atoms. The van der Waals surface area contributed by atoms with Gasteiger partial charge in [-0.05, 0) is 25.5 Å². The van der Waals surface area contributed by atoms with E-state index in [4.69, 9.17) is 4.74 Å². The van der Waals surface area contributed by atoms with Gasteiger partial charge < -0.3 is 15.0 Å². The zero-order chi connectivity index (χ0) is 18.5. The number of rotatable bonds is 6. The molecule has 0 radical (unpaired) electrons. The average molecular weight is 486 g/mol. The number of ether oxygens (including phenoxy) is 1. The van der Waals surface area contributed by atoms with Crippen molar-refractivity contribution in [2.75, 3.05) is 46.4 Å². The number of carbonyl (C=O) groups excluding carboxylic acids is 2. The molecule has 2 amide bonds. The van der Waals surface area contributed by atoms with Crippen molar-refractivity contribution in [1.29, 1.82) is 0 Å². The molecule has 3 rings (SSSR count). The lowest BCUT2D eigenvalue weighted by Gasteiger charge is -2.22. The van der Waals surface area contributed by atoms with Crippen LogP contribution in [0.3, 0.4) is 0 Å². The molecule has 7 nitrogen and oxygen atoms in total. The third-order valence-corrected chi connectivity index (χ3v) is 4.79. The number of benzene rings is 1. The van der Waals surface area contributed by atoms with Crippen molar-refractivity contribution in [3.63, 3.8) is 0 Å². The molecule has 1 aromatic rings. The van der Waals surface area contributed by atoms with Gasteiger partial charge in [-0.1, -0.05) is 12.1 Å². The molecule has 1 N–H and O–H groups in total. The van der Waals surface area contributed by atoms with Crippen LogP contribution in [0.4, 0.5) is 0 Å². The Kier molecular flexibility index (Phi) is 8.03. The molecule has 1 atom stereocenters. The highest BCUT2D eigenvalue weighted by Gasteiger charge is 2.34. The number of fused-ring (bicyclic) bond motifs is 1. The molecule has 2 aliphatic heterocycles. The zero-order valence-corrected chi connectivity index (χ0v) is 18.1. The molecule has 2 heterocycles. The lowest BCUT2D eigenvalue weighted by molar-refractivity contribution is 0.0659. The Hall–Kier alpha value is -1.68. The van der Waals surface area contributed by atoms with Crippen molar-refractivity contribution < 1.29 is 14.3 Å². The van der Waals surface area contributed by atoms with Crippen LogP contribution in [0.15, 0.2) is 29.3 Å². The van der Waals surface area contributed by atoms with E-state index in [0.29, 0.717) is 23.6 Å². The number of hydrogen-bond donors (Lipinski definition) is 1. The fraction of sp³-hybridized carbons (Fsp3) is 0.526. The van der Waals surface area contributed by atoms with Crippen LogP contribution >= 0.6 is 24.0 Å². The molecule has 0 bridgehead atoms. The Bertz CT molecular complexity index is 675. The first-order chi connectivity index (χ1) is 12.7. The number of nitrogens with zero attached hydrogens (tertiary/aromatic N) is 3. The van der Waals surface area contributed by atoms with Gasteiger partial charge in [-0.25, -0.2) is 0 Å². The summed E-state index contributed by atoms with van der Waals surface area (Å²) in [5.41, 5.74) is 0.964. The maximum Gasteiger partial charge on any atom is 0.261 e. The number of guanidine groups is 1. The summed E-state index contributed by atoms with van der Waals surface area (Å²) in [5, 5.41) is 3.30. The standard InChI is InChI=1S/C19H26N4O3.HI/c1-3-20-19(22-10-8-14(12-22)13-26-2)21-9-11-23-17(24)15-6-4-5-7-16(15)18(23)25;/h4-7,14H,3,8-13H2,1-2H3,(H,20,21);1H. The lowest BCUT2D eigenvalue weighted by Crippen LogP contribution is -2.41. The van der Waals surface area contributed by atoms with Crippen molar-refractivity contribution >= 4 is 41.8 Å². The van der Waals surface area contributed by atoms with Crippen LogP contribution < -0.4 is 5.32 Å². The minimum absolute atomic E-state index is 0. The van der Waals surface area contributed by atoms with Crippen molar-refractivity contribution in [3.8, 4) is 0 Å². The highest BCUT2D eigenvalue weighted by molar-refractivity contribution is 14.0. The second-order valence-electron chi connectivity index (χ2n) is 6.60. The molecule has 148 valence electrons. The number of carbonyl (C=O) groups is 2. The van der Waals surface area contributed by atoms with Gasteiger partial charge in [-0.15, -0.1) is 24.0 Å². The minimum atomic E-state index is -0.230. The van der Waals surface area contributed by atoms with Crippen LogP contribution in [0.2, 0.25) is 0 Å². The van der Waals surface area contributed by atoms with E-state index in [9.17, 15) is 9.59 Å². The number of methoxy groups -OCH3 is 1. The summed E-state index contributed by atoms with van der Waals surface area (Å²) in [5.74, 6) is 0.891. The summed E-state index contributed by atoms with van der Waals surface area (Å²) in [6.45, 7) is 6.08. The van der Waals surface area contributed by atoms with Gasteiger partial charge in [-0.2, -0.15) is 0 Å². The van der Waals surface area contributed by atoms with Gasteiger partial charge in [0.25, 0.3) is 11.8 Å². The summed E-state index contributed by atoms with van der Waals surface area (Å²) in [4.78, 5) is 32.9. The molecular formula is C19H27IN4O3. The quantitative estimate of drug-likeness (QED) is 0.288. The Morgan fingerprint density at radius 3 is 2.52 bits per heavy atom. The summed E-state index contributed by atoms with van der Waals surface area (Å²) in [6, 6.07) is 6.95. The number of aliphatic imine (C=N–C) groups is 1. The molecule has 0 aliphatic carbocycles. The number of hydrogen-bond acceptors (Lipinski definition) is 4. The number of nitrogens with one attached hydrogen (secondary N) is 1. The van der Waals surface area contributed by atoms with E-state index in [1.165, 1.54) is 4.90 Å². The van der Waals surface area contributed by atoms with Gasteiger partial charge in [0.2, 0.25) is 0 Å². The largest absolute Gasteiger partial charge is 0.384 e. The molecule has 0 saturated carbocycles. The first kappa shape index (κ1) is 21.6. The molecular weight excluding hydrogens is 459 g/mol. The average Bonchev–Trinajstić information content (AvgIpc) is 3.20. The van der Waals surface area contributed by atoms with E-state index in [0.717, 1.165) is 38.6 Å². The van der Waals surface area contributed by atoms with E-state index in [1.807, 2.05) is 6.92 Å². The van der Waals surface area contributed by atoms with Crippen LogP contribution in [0.5, 0.6) is 0 Å². The van der Waals surface area contributed by atoms with E-state index < -0.39 is 0 Å². The van der Waals surface area contributed by atoms with Gasteiger partial charge >= 0.3 is 0 Å². The van der Waals surface area contributed by atoms with E-state index in [1.54, 1.807) is 31.4 Å². The monoisotopic (exact) mass is 486 g/mol. The van der Waals surface area contributed by atoms with E-state index in [2.05, 4.69) is 15.2 Å². The van der Waals surface area contributed by atoms with Crippen molar-refractivity contribution in [3.05, 3.63) is 35.4 Å². The Morgan fingerprint density at radius 1 is 1.26 bits per heavy atom. The Balaban J connectivity index is 0.00000261. The summed E-state index contributed by atoms with van der Waals surface area (Å²) < 4.78 is 5.25. The van der Waals surface area contributed by atoms with Crippen molar-refractivity contribution in [2.24, 2.45) is 10.9 Å². The molecule has 2 aliphatic rings. The maximum atomic E-state index is 12.4. The number of amides is 2. The van der Waals surface area contributed by atoms with E-state index in [-0.39, 0.29) is 42.3 Å². The molecule has 1 unspecified atom stereocenters. The second-order valence-corrected chi connectivity index (χ2v) is 6.60. The lowest BCUT2D eigenvalue weighted by atomic mass is 10.1. The van der Waals surface area contributed by atoms with Crippen molar-refractivity contribution in [2.45, 2.75) is 13.3 Å². The van der Waals surface area contributed by atoms with Crippen LogP contribution in [0, 0.1) is 5.92 Å². The topological polar surface area (TPSA) is 74.2 Å². The van der Waals surface area contributed by atoms with Gasteiger partial charge in [0, 0.05) is 39.2 Å². The first-order valence-electron chi connectivity index (χ1n) is 9.13.